The van der Waals surface area contributed by atoms with Gasteiger partial charge in [0.2, 0.25) is 0 Å². The van der Waals surface area contributed by atoms with Gasteiger partial charge in [-0.1, -0.05) is 109 Å². The van der Waals surface area contributed by atoms with E-state index in [1.165, 1.54) is 96.3 Å². The Morgan fingerprint density at radius 2 is 1.09 bits per heavy atom. The van der Waals surface area contributed by atoms with Crippen LogP contribution in [0.5, 0.6) is 0 Å². The van der Waals surface area contributed by atoms with Gasteiger partial charge in [-0.3, -0.25) is 4.57 Å². The Balaban J connectivity index is 3.45. The van der Waals surface area contributed by atoms with Crippen molar-refractivity contribution in [3.63, 3.8) is 0 Å². The molecule has 33 heavy (non-hydrogen) atoms. The van der Waals surface area contributed by atoms with E-state index in [0.717, 1.165) is 19.3 Å². The molecule has 1 N–H and O–H groups in total. The van der Waals surface area contributed by atoms with Crippen LogP contribution in [0.15, 0.2) is 12.2 Å². The van der Waals surface area contributed by atoms with E-state index in [4.69, 9.17) is 4.52 Å². The van der Waals surface area contributed by atoms with Gasteiger partial charge in [0.1, 0.15) is 0 Å². The second-order valence-corrected chi connectivity index (χ2v) is 12.7. The van der Waals surface area contributed by atoms with Crippen molar-refractivity contribution < 1.29 is 18.5 Å². The topological polar surface area (TPSA) is 46.5 Å². The average molecular weight is 489 g/mol. The minimum Gasteiger partial charge on any atom is -0.320 e. The van der Waals surface area contributed by atoms with Gasteiger partial charge >= 0.3 is 7.60 Å². The summed E-state index contributed by atoms with van der Waals surface area (Å²) in [6.45, 7) is 4.60. The summed E-state index contributed by atoms with van der Waals surface area (Å²) >= 11 is 0. The maximum atomic E-state index is 12.5. The van der Waals surface area contributed by atoms with Crippen LogP contribution in [0.25, 0.3) is 0 Å². The fourth-order valence-electron chi connectivity index (χ4n) is 4.55. The van der Waals surface area contributed by atoms with Crippen molar-refractivity contribution >= 4 is 7.60 Å². The van der Waals surface area contributed by atoms with Crippen LogP contribution in [0.2, 0.25) is 0 Å². The van der Waals surface area contributed by atoms with E-state index in [2.05, 4.69) is 19.1 Å². The minimum atomic E-state index is -3.56. The summed E-state index contributed by atoms with van der Waals surface area (Å²) in [4.78, 5) is 10.3. The second-order valence-electron chi connectivity index (χ2n) is 10.8. The lowest BCUT2D eigenvalue weighted by Gasteiger charge is -2.35. The third kappa shape index (κ3) is 19.8. The van der Waals surface area contributed by atoms with Crippen LogP contribution in [0.3, 0.4) is 0 Å². The van der Waals surface area contributed by atoms with Crippen molar-refractivity contribution in [2.75, 3.05) is 27.7 Å². The fraction of sp³-hybridized carbons (Fsp3) is 0.929. The van der Waals surface area contributed by atoms with Crippen molar-refractivity contribution in [1.29, 1.82) is 0 Å². The Morgan fingerprint density at radius 3 is 1.48 bits per heavy atom. The third-order valence-corrected chi connectivity index (χ3v) is 8.93. The van der Waals surface area contributed by atoms with Crippen LogP contribution in [0, 0.1) is 0 Å². The van der Waals surface area contributed by atoms with Crippen molar-refractivity contribution in [1.82, 2.24) is 0 Å². The summed E-state index contributed by atoms with van der Waals surface area (Å²) in [6, 6.07) is 0. The van der Waals surface area contributed by atoms with Gasteiger partial charge in [-0.05, 0) is 32.1 Å². The molecule has 5 heteroatoms. The molecule has 0 aromatic rings. The van der Waals surface area contributed by atoms with E-state index in [1.54, 1.807) is 0 Å². The molecule has 2 atom stereocenters. The summed E-state index contributed by atoms with van der Waals surface area (Å²) in [6.07, 6.45) is 29.0. The molecule has 0 bridgehead atoms. The van der Waals surface area contributed by atoms with E-state index in [-0.39, 0.29) is 5.78 Å². The van der Waals surface area contributed by atoms with Gasteiger partial charge in [0, 0.05) is 6.42 Å². The molecule has 0 saturated heterocycles. The van der Waals surface area contributed by atoms with Crippen molar-refractivity contribution in [3.05, 3.63) is 12.2 Å². The van der Waals surface area contributed by atoms with Gasteiger partial charge < -0.3 is 13.9 Å². The monoisotopic (exact) mass is 488 g/mol. The van der Waals surface area contributed by atoms with Crippen LogP contribution in [-0.2, 0) is 9.09 Å². The minimum absolute atomic E-state index is 0.359. The van der Waals surface area contributed by atoms with Gasteiger partial charge in [0.25, 0.3) is 0 Å². The maximum Gasteiger partial charge on any atom is 0.385 e. The molecule has 0 aliphatic rings. The Bertz CT molecular complexity index is 502. The van der Waals surface area contributed by atoms with Crippen LogP contribution in [0.4, 0.5) is 0 Å². The van der Waals surface area contributed by atoms with Crippen LogP contribution in [0.1, 0.15) is 136 Å². The van der Waals surface area contributed by atoms with E-state index < -0.39 is 7.60 Å². The van der Waals surface area contributed by atoms with Crippen molar-refractivity contribution in [2.24, 2.45) is 0 Å². The van der Waals surface area contributed by atoms with E-state index in [1.807, 2.05) is 28.1 Å². The smallest absolute Gasteiger partial charge is 0.320 e. The normalized spacial score (nSPS) is 15.2. The molecular formula is C28H59NO3P+. The highest BCUT2D eigenvalue weighted by atomic mass is 31.2. The standard InChI is InChI=1S/C28H58NO3P/c1-6-8-9-10-11-12-13-14-15-16-17-18-19-20-21-22-23-24-25-26-27-32-33(30,31)28(7-2)29(3,4)5/h22-23,28H,6-21,24-27H2,1-5H3/p+1. The third-order valence-electron chi connectivity index (χ3n) is 6.57. The lowest BCUT2D eigenvalue weighted by molar-refractivity contribution is -0.883. The lowest BCUT2D eigenvalue weighted by Crippen LogP contribution is -2.44. The van der Waals surface area contributed by atoms with Crippen LogP contribution >= 0.6 is 7.60 Å². The first-order valence-electron chi connectivity index (χ1n) is 14.2. The Morgan fingerprint density at radius 1 is 0.697 bits per heavy atom. The van der Waals surface area contributed by atoms with Gasteiger partial charge in [-0.25, -0.2) is 0 Å². The highest BCUT2D eigenvalue weighted by Gasteiger charge is 2.41. The molecule has 4 nitrogen and oxygen atoms in total. The zero-order valence-corrected chi connectivity index (χ0v) is 23.9. The predicted octanol–water partition coefficient (Wildman–Crippen LogP) is 9.23. The first-order valence-corrected chi connectivity index (χ1v) is 15.8. The number of hydrogen-bond acceptors (Lipinski definition) is 2. The van der Waals surface area contributed by atoms with E-state index >= 15 is 0 Å². The van der Waals surface area contributed by atoms with Crippen molar-refractivity contribution in [3.8, 4) is 0 Å². The molecule has 2 unspecified atom stereocenters. The second kappa shape index (κ2) is 21.2. The summed E-state index contributed by atoms with van der Waals surface area (Å²) in [5.74, 6) is -0.359. The van der Waals surface area contributed by atoms with E-state index in [9.17, 15) is 9.46 Å². The molecule has 0 aliphatic heterocycles. The van der Waals surface area contributed by atoms with Crippen molar-refractivity contribution in [2.45, 2.75) is 142 Å². The number of nitrogens with zero attached hydrogens (tertiary/aromatic N) is 1. The SMILES string of the molecule is CCCCCCCCCCCCCCCCC=CCCCCOP(=O)(O)C(CC)[N+](C)(C)C. The molecule has 0 amide bonds. The van der Waals surface area contributed by atoms with E-state index in [0.29, 0.717) is 17.5 Å². The molecule has 0 spiro atoms. The first kappa shape index (κ1) is 32.8. The molecule has 0 saturated carbocycles. The average Bonchev–Trinajstić information content (AvgIpc) is 2.74. The maximum absolute atomic E-state index is 12.5. The predicted molar refractivity (Wildman–Crippen MR) is 146 cm³/mol. The molecule has 0 aliphatic carbocycles. The molecule has 0 aromatic carbocycles. The quantitative estimate of drug-likeness (QED) is 0.0637. The number of allylic oxidation sites excluding steroid dienone is 2. The fourth-order valence-corrected chi connectivity index (χ4v) is 6.45. The number of unbranched alkanes of at least 4 members (excludes halogenated alkanes) is 16. The van der Waals surface area contributed by atoms with Gasteiger partial charge in [-0.15, -0.1) is 0 Å². The van der Waals surface area contributed by atoms with Gasteiger partial charge in [0.15, 0.2) is 5.78 Å². The molecular weight excluding hydrogens is 429 g/mol. The Hall–Kier alpha value is -0.150. The molecule has 0 radical (unpaired) electrons. The summed E-state index contributed by atoms with van der Waals surface area (Å²) in [5, 5.41) is 0. The van der Waals surface area contributed by atoms with Crippen LogP contribution < -0.4 is 0 Å². The molecule has 0 rings (SSSR count). The molecule has 0 heterocycles. The van der Waals surface area contributed by atoms with Gasteiger partial charge in [-0.2, -0.15) is 0 Å². The molecule has 198 valence electrons. The zero-order chi connectivity index (χ0) is 24.8. The van der Waals surface area contributed by atoms with Gasteiger partial charge in [0.05, 0.1) is 27.7 Å². The lowest BCUT2D eigenvalue weighted by atomic mass is 10.0. The Kier molecular flexibility index (Phi) is 21.1. The summed E-state index contributed by atoms with van der Waals surface area (Å²) in [7, 11) is 2.28. The molecule has 0 aromatic heterocycles. The highest BCUT2D eigenvalue weighted by Crippen LogP contribution is 2.51. The molecule has 0 fully saturated rings. The summed E-state index contributed by atoms with van der Waals surface area (Å²) < 4.78 is 18.4. The summed E-state index contributed by atoms with van der Waals surface area (Å²) in [5.41, 5.74) is 0. The number of rotatable bonds is 24. The highest BCUT2D eigenvalue weighted by molar-refractivity contribution is 7.53. The number of hydrogen-bond donors (Lipinski definition) is 1. The Labute approximate surface area is 207 Å². The largest absolute Gasteiger partial charge is 0.385 e. The van der Waals surface area contributed by atoms with Crippen LogP contribution in [-0.4, -0.2) is 42.9 Å². The number of quaternary nitrogens is 1. The first-order chi connectivity index (χ1) is 15.8. The zero-order valence-electron chi connectivity index (χ0n) is 23.0.